The quantitative estimate of drug-likeness (QED) is 0.448. The fourth-order valence-electron chi connectivity index (χ4n) is 2.75. The maximum absolute atomic E-state index is 13.8. The third kappa shape index (κ3) is 3.98. The minimum atomic E-state index is -3.00. The van der Waals surface area contributed by atoms with E-state index in [0.717, 1.165) is 16.2 Å². The molecule has 0 aromatic heterocycles. The van der Waals surface area contributed by atoms with Crippen molar-refractivity contribution in [3.8, 4) is 11.6 Å². The van der Waals surface area contributed by atoms with E-state index in [1.807, 2.05) is 72.8 Å². The Kier molecular flexibility index (Phi) is 5.17. The number of benzene rings is 3. The Bertz CT molecular complexity index is 926. The molecule has 0 atom stereocenters. The summed E-state index contributed by atoms with van der Waals surface area (Å²) >= 11 is 0. The molecule has 0 saturated heterocycles. The monoisotopic (exact) mass is 358 g/mol. The van der Waals surface area contributed by atoms with Crippen LogP contribution in [0.3, 0.4) is 0 Å². The Morgan fingerprint density at radius 3 is 1.58 bits per heavy atom. The predicted molar refractivity (Wildman–Crippen MR) is 112 cm³/mol. The minimum Gasteiger partial charge on any atom is -0.300 e. The molecule has 2 heteroatoms. The number of rotatable bonds is 2. The Morgan fingerprint density at radius 2 is 1.15 bits per heavy atom. The second-order valence-electron chi connectivity index (χ2n) is 7.34. The highest BCUT2D eigenvalue weighted by molar-refractivity contribution is 7.83. The third-order valence-corrected chi connectivity index (χ3v) is 6.83. The molecule has 0 unspecified atom stereocenters. The highest BCUT2D eigenvalue weighted by Gasteiger charge is 2.24. The molecule has 1 nitrogen and oxygen atoms in total. The summed E-state index contributed by atoms with van der Waals surface area (Å²) in [6, 6.07) is 27.3. The molecule has 3 rings (SSSR count). The average Bonchev–Trinajstić information content (AvgIpc) is 2.67. The Morgan fingerprint density at radius 1 is 0.692 bits per heavy atom. The van der Waals surface area contributed by atoms with Gasteiger partial charge in [-0.05, 0) is 28.8 Å². The van der Waals surface area contributed by atoms with Crippen LogP contribution in [0, 0.1) is 11.6 Å². The molecule has 0 N–H and O–H groups in total. The van der Waals surface area contributed by atoms with Crippen molar-refractivity contribution in [1.82, 2.24) is 0 Å². The molecule has 0 saturated carbocycles. The van der Waals surface area contributed by atoms with Gasteiger partial charge in [-0.1, -0.05) is 99.5 Å². The second kappa shape index (κ2) is 7.36. The molecule has 0 heterocycles. The van der Waals surface area contributed by atoms with E-state index in [1.54, 1.807) is 0 Å². The van der Waals surface area contributed by atoms with Gasteiger partial charge >= 0.3 is 0 Å². The molecular weight excluding hydrogens is 335 g/mol. The molecule has 0 aliphatic carbocycles. The molecule has 0 fully saturated rings. The predicted octanol–water partition coefficient (Wildman–Crippen LogP) is 5.31. The molecule has 0 spiro atoms. The highest BCUT2D eigenvalue weighted by atomic mass is 31.2. The molecule has 0 bridgehead atoms. The lowest BCUT2D eigenvalue weighted by atomic mass is 9.87. The summed E-state index contributed by atoms with van der Waals surface area (Å²) in [6.07, 6.45) is 0. The smallest absolute Gasteiger partial charge is 0.211 e. The first-order chi connectivity index (χ1) is 12.4. The summed E-state index contributed by atoms with van der Waals surface area (Å²) in [5.41, 5.74) is 5.36. The van der Waals surface area contributed by atoms with Crippen molar-refractivity contribution in [3.05, 3.63) is 96.1 Å². The first-order valence-corrected chi connectivity index (χ1v) is 10.5. The number of hydrogen-bond acceptors (Lipinski definition) is 1. The minimum absolute atomic E-state index is 0.106. The molecule has 0 amide bonds. The van der Waals surface area contributed by atoms with E-state index >= 15 is 0 Å². The van der Waals surface area contributed by atoms with Crippen LogP contribution in [-0.4, -0.2) is 0 Å². The van der Waals surface area contributed by atoms with Crippen LogP contribution in [0.5, 0.6) is 0 Å². The van der Waals surface area contributed by atoms with Crippen LogP contribution in [0.1, 0.15) is 31.9 Å². The van der Waals surface area contributed by atoms with Gasteiger partial charge in [0.25, 0.3) is 0 Å². The summed E-state index contributed by atoms with van der Waals surface area (Å²) < 4.78 is 13.8. The van der Waals surface area contributed by atoms with E-state index in [1.165, 1.54) is 5.56 Å². The topological polar surface area (TPSA) is 17.1 Å². The van der Waals surface area contributed by atoms with E-state index in [4.69, 9.17) is 0 Å². The van der Waals surface area contributed by atoms with Gasteiger partial charge in [0, 0.05) is 16.2 Å². The molecule has 3 aromatic rings. The molecule has 0 aliphatic heterocycles. The van der Waals surface area contributed by atoms with Crippen molar-refractivity contribution in [2.24, 2.45) is 0 Å². The molecule has 0 radical (unpaired) electrons. The van der Waals surface area contributed by atoms with Crippen LogP contribution >= 0.6 is 7.14 Å². The largest absolute Gasteiger partial charge is 0.300 e. The summed E-state index contributed by atoms with van der Waals surface area (Å²) in [6.45, 7) is 6.56. The van der Waals surface area contributed by atoms with Gasteiger partial charge in [0.1, 0.15) is 0 Å². The SMILES string of the molecule is CC(C)(C)c1ccc(C#CP(=O)(c2ccccc2)c2ccccc2)cc1. The lowest BCUT2D eigenvalue weighted by Crippen LogP contribution is -2.14. The van der Waals surface area contributed by atoms with Gasteiger partial charge in [-0.2, -0.15) is 0 Å². The number of hydrogen-bond donors (Lipinski definition) is 0. The van der Waals surface area contributed by atoms with E-state index in [2.05, 4.69) is 44.5 Å². The molecule has 0 aliphatic rings. The van der Waals surface area contributed by atoms with E-state index < -0.39 is 7.14 Å². The van der Waals surface area contributed by atoms with Crippen molar-refractivity contribution < 1.29 is 4.57 Å². The fourth-order valence-corrected chi connectivity index (χ4v) is 4.78. The molecule has 3 aromatic carbocycles. The zero-order chi connectivity index (χ0) is 18.6. The highest BCUT2D eigenvalue weighted by Crippen LogP contribution is 2.42. The zero-order valence-electron chi connectivity index (χ0n) is 15.4. The Labute approximate surface area is 156 Å². The van der Waals surface area contributed by atoms with Gasteiger partial charge in [0.15, 0.2) is 0 Å². The van der Waals surface area contributed by atoms with Crippen LogP contribution < -0.4 is 10.6 Å². The van der Waals surface area contributed by atoms with Crippen molar-refractivity contribution in [2.75, 3.05) is 0 Å². The normalized spacial score (nSPS) is 11.5. The van der Waals surface area contributed by atoms with Gasteiger partial charge in [-0.25, -0.2) is 0 Å². The van der Waals surface area contributed by atoms with Crippen LogP contribution in [0.15, 0.2) is 84.9 Å². The zero-order valence-corrected chi connectivity index (χ0v) is 16.3. The third-order valence-electron chi connectivity index (χ3n) is 4.35. The van der Waals surface area contributed by atoms with Crippen LogP contribution in [0.25, 0.3) is 0 Å². The fraction of sp³-hybridized carbons (Fsp3) is 0.167. The maximum Gasteiger partial charge on any atom is 0.211 e. The van der Waals surface area contributed by atoms with Gasteiger partial charge in [0.2, 0.25) is 7.14 Å². The van der Waals surface area contributed by atoms with E-state index in [0.29, 0.717) is 0 Å². The van der Waals surface area contributed by atoms with Gasteiger partial charge < -0.3 is 0 Å². The van der Waals surface area contributed by atoms with Crippen LogP contribution in [0.2, 0.25) is 0 Å². The second-order valence-corrected chi connectivity index (χ2v) is 9.82. The summed E-state index contributed by atoms with van der Waals surface area (Å²) in [5.74, 6) is 3.15. The van der Waals surface area contributed by atoms with Gasteiger partial charge in [-0.15, -0.1) is 0 Å². The molecular formula is C24H23OP. The van der Waals surface area contributed by atoms with Crippen molar-refractivity contribution in [2.45, 2.75) is 26.2 Å². The Balaban J connectivity index is 2.04. The first-order valence-electron chi connectivity index (χ1n) is 8.75. The van der Waals surface area contributed by atoms with Crippen molar-refractivity contribution in [1.29, 1.82) is 0 Å². The Hall–Kier alpha value is -2.55. The first kappa shape index (κ1) is 18.2. The van der Waals surface area contributed by atoms with Crippen molar-refractivity contribution in [3.63, 3.8) is 0 Å². The van der Waals surface area contributed by atoms with E-state index in [9.17, 15) is 4.57 Å². The molecule has 26 heavy (non-hydrogen) atoms. The van der Waals surface area contributed by atoms with Crippen LogP contribution in [0.4, 0.5) is 0 Å². The average molecular weight is 358 g/mol. The maximum atomic E-state index is 13.8. The van der Waals surface area contributed by atoms with Crippen molar-refractivity contribution >= 4 is 17.8 Å². The van der Waals surface area contributed by atoms with Gasteiger partial charge in [-0.3, -0.25) is 4.57 Å². The van der Waals surface area contributed by atoms with Gasteiger partial charge in [0.05, 0.1) is 0 Å². The summed E-state index contributed by atoms with van der Waals surface area (Å²) in [4.78, 5) is 0. The summed E-state index contributed by atoms with van der Waals surface area (Å²) in [7, 11) is -3.00. The molecule has 130 valence electrons. The standard InChI is InChI=1S/C24H23OP/c1-24(2,3)21-16-14-20(15-17-21)18-19-26(25,22-10-6-4-7-11-22)23-12-8-5-9-13-23/h4-17H,1-3H3. The summed E-state index contributed by atoms with van der Waals surface area (Å²) in [5, 5.41) is 1.54. The lowest BCUT2D eigenvalue weighted by molar-refractivity contribution is 0.590. The van der Waals surface area contributed by atoms with Crippen LogP contribution in [-0.2, 0) is 9.98 Å². The van der Waals surface area contributed by atoms with E-state index in [-0.39, 0.29) is 5.41 Å². The lowest BCUT2D eigenvalue weighted by Gasteiger charge is -2.18.